The second-order valence-corrected chi connectivity index (χ2v) is 4.37. The maximum Gasteiger partial charge on any atom is 0.232 e. The largest absolute Gasteiger partial charge is 0.345 e. The highest BCUT2D eigenvalue weighted by Crippen LogP contribution is 2.26. The number of carbonyl (C=O) groups is 1. The molecular formula is C15H14N4O. The molecule has 0 saturated carbocycles. The molecule has 0 radical (unpaired) electrons. The number of imidazole rings is 1. The number of nitrogens with one attached hydrogen (secondary N) is 1. The first-order valence-corrected chi connectivity index (χ1v) is 6.46. The maximum atomic E-state index is 12.2. The molecule has 100 valence electrons. The summed E-state index contributed by atoms with van der Waals surface area (Å²) in [6.45, 7) is 1.84. The van der Waals surface area contributed by atoms with E-state index in [1.54, 1.807) is 17.4 Å². The lowest BCUT2D eigenvalue weighted by Crippen LogP contribution is -2.25. The molecule has 1 amide bonds. The zero-order valence-corrected chi connectivity index (χ0v) is 11.1. The molecule has 0 spiro atoms. The van der Waals surface area contributed by atoms with E-state index in [1.807, 2.05) is 43.3 Å². The van der Waals surface area contributed by atoms with Gasteiger partial charge in [0.25, 0.3) is 0 Å². The third kappa shape index (κ3) is 2.14. The Morgan fingerprint density at radius 2 is 2.15 bits per heavy atom. The summed E-state index contributed by atoms with van der Waals surface area (Å²) in [7, 11) is 0. The molecule has 0 aliphatic carbocycles. The summed E-state index contributed by atoms with van der Waals surface area (Å²) < 4.78 is 0. The quantitative estimate of drug-likeness (QED) is 0.792. The summed E-state index contributed by atoms with van der Waals surface area (Å²) in [5.74, 6) is 0.618. The van der Waals surface area contributed by atoms with E-state index >= 15 is 0 Å². The van der Waals surface area contributed by atoms with E-state index in [0.29, 0.717) is 12.2 Å². The molecule has 0 saturated heterocycles. The van der Waals surface area contributed by atoms with Crippen LogP contribution in [0.2, 0.25) is 0 Å². The van der Waals surface area contributed by atoms with Gasteiger partial charge in [-0.3, -0.25) is 9.69 Å². The van der Waals surface area contributed by atoms with Gasteiger partial charge in [0.15, 0.2) is 0 Å². The van der Waals surface area contributed by atoms with E-state index in [4.69, 9.17) is 0 Å². The van der Waals surface area contributed by atoms with Crippen LogP contribution in [0, 0.1) is 0 Å². The van der Waals surface area contributed by atoms with Gasteiger partial charge in [0.2, 0.25) is 5.91 Å². The molecule has 5 nitrogen and oxygen atoms in total. The zero-order valence-electron chi connectivity index (χ0n) is 11.1. The highest BCUT2D eigenvalue weighted by Gasteiger charge is 2.17. The van der Waals surface area contributed by atoms with Crippen molar-refractivity contribution in [2.45, 2.75) is 13.3 Å². The molecule has 1 aromatic carbocycles. The van der Waals surface area contributed by atoms with Gasteiger partial charge in [-0.15, -0.1) is 0 Å². The molecule has 0 fully saturated rings. The molecule has 0 unspecified atom stereocenters. The normalized spacial score (nSPS) is 10.7. The minimum Gasteiger partial charge on any atom is -0.345 e. The summed E-state index contributed by atoms with van der Waals surface area (Å²) in [5.41, 5.74) is 2.54. The standard InChI is InChI=1S/C15H14N4O/c1-2-15(20)19(14-5-3-4-8-16-14)11-6-7-12-13(9-11)18-10-17-12/h3-10H,2H2,1H3,(H,17,18). The van der Waals surface area contributed by atoms with Crippen molar-refractivity contribution in [3.05, 3.63) is 48.9 Å². The number of aromatic amines is 1. The first-order chi connectivity index (χ1) is 9.79. The summed E-state index contributed by atoms with van der Waals surface area (Å²) in [6.07, 6.45) is 3.73. The average molecular weight is 266 g/mol. The van der Waals surface area contributed by atoms with E-state index in [0.717, 1.165) is 16.7 Å². The summed E-state index contributed by atoms with van der Waals surface area (Å²) in [6, 6.07) is 11.2. The number of rotatable bonds is 3. The lowest BCUT2D eigenvalue weighted by molar-refractivity contribution is -0.117. The number of anilines is 2. The second kappa shape index (κ2) is 5.13. The SMILES string of the molecule is CCC(=O)N(c1ccc2[nH]cnc2c1)c1ccccn1. The third-order valence-corrected chi connectivity index (χ3v) is 3.09. The van der Waals surface area contributed by atoms with Crippen LogP contribution in [0.4, 0.5) is 11.5 Å². The van der Waals surface area contributed by atoms with Gasteiger partial charge >= 0.3 is 0 Å². The summed E-state index contributed by atoms with van der Waals surface area (Å²) in [5, 5.41) is 0. The van der Waals surface area contributed by atoms with Crippen molar-refractivity contribution < 1.29 is 4.79 Å². The maximum absolute atomic E-state index is 12.2. The van der Waals surface area contributed by atoms with Crippen molar-refractivity contribution in [3.63, 3.8) is 0 Å². The Morgan fingerprint density at radius 1 is 1.25 bits per heavy atom. The van der Waals surface area contributed by atoms with Gasteiger partial charge in [-0.05, 0) is 30.3 Å². The Kier molecular flexibility index (Phi) is 3.16. The number of amides is 1. The fourth-order valence-corrected chi connectivity index (χ4v) is 2.11. The molecule has 0 atom stereocenters. The molecular weight excluding hydrogens is 252 g/mol. The minimum atomic E-state index is -0.00131. The number of pyridine rings is 1. The zero-order chi connectivity index (χ0) is 13.9. The van der Waals surface area contributed by atoms with Crippen LogP contribution in [-0.4, -0.2) is 20.9 Å². The topological polar surface area (TPSA) is 61.9 Å². The van der Waals surface area contributed by atoms with Crippen molar-refractivity contribution in [2.75, 3.05) is 4.90 Å². The Bertz CT molecular complexity index is 736. The van der Waals surface area contributed by atoms with Gasteiger partial charge < -0.3 is 4.98 Å². The molecule has 5 heteroatoms. The van der Waals surface area contributed by atoms with Crippen molar-refractivity contribution in [3.8, 4) is 0 Å². The van der Waals surface area contributed by atoms with E-state index in [2.05, 4.69) is 15.0 Å². The van der Waals surface area contributed by atoms with Crippen LogP contribution in [-0.2, 0) is 4.79 Å². The Hall–Kier alpha value is -2.69. The molecule has 3 rings (SSSR count). The molecule has 2 heterocycles. The van der Waals surface area contributed by atoms with E-state index in [-0.39, 0.29) is 5.91 Å². The number of hydrogen-bond acceptors (Lipinski definition) is 3. The Morgan fingerprint density at radius 3 is 2.90 bits per heavy atom. The minimum absolute atomic E-state index is 0.00131. The predicted octanol–water partition coefficient (Wildman–Crippen LogP) is 3.03. The number of hydrogen-bond donors (Lipinski definition) is 1. The van der Waals surface area contributed by atoms with E-state index in [9.17, 15) is 4.79 Å². The van der Waals surface area contributed by atoms with Gasteiger partial charge in [-0.25, -0.2) is 9.97 Å². The number of nitrogens with zero attached hydrogens (tertiary/aromatic N) is 3. The summed E-state index contributed by atoms with van der Waals surface area (Å²) >= 11 is 0. The highest BCUT2D eigenvalue weighted by atomic mass is 16.2. The van der Waals surface area contributed by atoms with Gasteiger partial charge in [0, 0.05) is 12.6 Å². The number of aromatic nitrogens is 3. The van der Waals surface area contributed by atoms with Crippen LogP contribution in [0.3, 0.4) is 0 Å². The van der Waals surface area contributed by atoms with Gasteiger partial charge in [-0.2, -0.15) is 0 Å². The molecule has 0 bridgehead atoms. The molecule has 2 aromatic heterocycles. The summed E-state index contributed by atoms with van der Waals surface area (Å²) in [4.78, 5) is 25.4. The molecule has 1 N–H and O–H groups in total. The lowest BCUT2D eigenvalue weighted by Gasteiger charge is -2.21. The average Bonchev–Trinajstić information content (AvgIpc) is 2.96. The van der Waals surface area contributed by atoms with E-state index in [1.165, 1.54) is 0 Å². The molecule has 3 aromatic rings. The number of carbonyl (C=O) groups excluding carboxylic acids is 1. The van der Waals surface area contributed by atoms with Crippen molar-refractivity contribution in [1.29, 1.82) is 0 Å². The number of benzene rings is 1. The van der Waals surface area contributed by atoms with Crippen LogP contribution in [0.25, 0.3) is 11.0 Å². The van der Waals surface area contributed by atoms with Crippen molar-refractivity contribution >= 4 is 28.4 Å². The predicted molar refractivity (Wildman–Crippen MR) is 77.8 cm³/mol. The molecule has 20 heavy (non-hydrogen) atoms. The fourth-order valence-electron chi connectivity index (χ4n) is 2.11. The second-order valence-electron chi connectivity index (χ2n) is 4.37. The van der Waals surface area contributed by atoms with Crippen LogP contribution in [0.1, 0.15) is 13.3 Å². The lowest BCUT2D eigenvalue weighted by atomic mass is 10.2. The number of fused-ring (bicyclic) bond motifs is 1. The third-order valence-electron chi connectivity index (χ3n) is 3.09. The van der Waals surface area contributed by atoms with Crippen LogP contribution >= 0.6 is 0 Å². The van der Waals surface area contributed by atoms with Crippen LogP contribution in [0.5, 0.6) is 0 Å². The fraction of sp³-hybridized carbons (Fsp3) is 0.133. The van der Waals surface area contributed by atoms with E-state index < -0.39 is 0 Å². The first-order valence-electron chi connectivity index (χ1n) is 6.46. The Labute approximate surface area is 116 Å². The van der Waals surface area contributed by atoms with Gasteiger partial charge in [0.1, 0.15) is 5.82 Å². The monoisotopic (exact) mass is 266 g/mol. The highest BCUT2D eigenvalue weighted by molar-refractivity contribution is 6.00. The van der Waals surface area contributed by atoms with Crippen LogP contribution in [0.15, 0.2) is 48.9 Å². The number of H-pyrrole nitrogens is 1. The molecule has 0 aliphatic rings. The van der Waals surface area contributed by atoms with Crippen LogP contribution < -0.4 is 4.90 Å². The smallest absolute Gasteiger partial charge is 0.232 e. The van der Waals surface area contributed by atoms with Gasteiger partial charge in [-0.1, -0.05) is 13.0 Å². The van der Waals surface area contributed by atoms with Gasteiger partial charge in [0.05, 0.1) is 23.0 Å². The first kappa shape index (κ1) is 12.3. The Balaban J connectivity index is 2.11. The molecule has 0 aliphatic heterocycles. The van der Waals surface area contributed by atoms with Crippen molar-refractivity contribution in [1.82, 2.24) is 15.0 Å². The van der Waals surface area contributed by atoms with Crippen molar-refractivity contribution in [2.24, 2.45) is 0 Å².